The summed E-state index contributed by atoms with van der Waals surface area (Å²) < 4.78 is 0. The zero-order valence-corrected chi connectivity index (χ0v) is 10.3. The van der Waals surface area contributed by atoms with Gasteiger partial charge < -0.3 is 10.2 Å². The fraction of sp³-hybridized carbons (Fsp3) is 0.267. The maximum absolute atomic E-state index is 4.31. The minimum absolute atomic E-state index is 0.486. The molecular weight excluding hydrogens is 222 g/mol. The molecule has 0 saturated carbocycles. The van der Waals surface area contributed by atoms with E-state index in [9.17, 15) is 0 Å². The third kappa shape index (κ3) is 2.45. The van der Waals surface area contributed by atoms with E-state index in [0.717, 1.165) is 25.3 Å². The summed E-state index contributed by atoms with van der Waals surface area (Å²) in [7, 11) is 0. The van der Waals surface area contributed by atoms with Crippen molar-refractivity contribution in [2.75, 3.05) is 23.3 Å². The van der Waals surface area contributed by atoms with E-state index in [4.69, 9.17) is 0 Å². The maximum atomic E-state index is 4.31. The van der Waals surface area contributed by atoms with E-state index in [1.807, 2.05) is 24.4 Å². The van der Waals surface area contributed by atoms with Crippen molar-refractivity contribution in [1.29, 1.82) is 0 Å². The van der Waals surface area contributed by atoms with Crippen LogP contribution in [0.1, 0.15) is 6.42 Å². The molecule has 1 fully saturated rings. The van der Waals surface area contributed by atoms with E-state index in [-0.39, 0.29) is 0 Å². The Bertz CT molecular complexity index is 484. The zero-order valence-electron chi connectivity index (χ0n) is 10.3. The zero-order chi connectivity index (χ0) is 12.2. The van der Waals surface area contributed by atoms with Gasteiger partial charge in [-0.05, 0) is 30.7 Å². The van der Waals surface area contributed by atoms with Crippen molar-refractivity contribution in [2.24, 2.45) is 0 Å². The van der Waals surface area contributed by atoms with Crippen LogP contribution in [0.3, 0.4) is 0 Å². The van der Waals surface area contributed by atoms with Gasteiger partial charge in [0.15, 0.2) is 0 Å². The van der Waals surface area contributed by atoms with Gasteiger partial charge in [0.1, 0.15) is 5.82 Å². The summed E-state index contributed by atoms with van der Waals surface area (Å²) in [6, 6.07) is 17.0. The molecule has 0 aliphatic carbocycles. The molecule has 1 N–H and O–H groups in total. The molecule has 1 unspecified atom stereocenters. The fourth-order valence-corrected chi connectivity index (χ4v) is 2.41. The summed E-state index contributed by atoms with van der Waals surface area (Å²) in [6.07, 6.45) is 2.98. The average Bonchev–Trinajstić information content (AvgIpc) is 2.89. The first-order valence-electron chi connectivity index (χ1n) is 6.39. The highest BCUT2D eigenvalue weighted by Gasteiger charge is 2.22. The Morgan fingerprint density at radius 3 is 2.67 bits per heavy atom. The van der Waals surface area contributed by atoms with Gasteiger partial charge in [-0.15, -0.1) is 0 Å². The molecule has 3 rings (SSSR count). The highest BCUT2D eigenvalue weighted by atomic mass is 15.2. The number of nitrogens with zero attached hydrogens (tertiary/aromatic N) is 2. The number of pyridine rings is 1. The molecular formula is C15H17N3. The molecule has 1 aromatic heterocycles. The molecule has 1 aromatic carbocycles. The lowest BCUT2D eigenvalue weighted by Crippen LogP contribution is -2.26. The van der Waals surface area contributed by atoms with Gasteiger partial charge in [0.05, 0.1) is 0 Å². The van der Waals surface area contributed by atoms with E-state index < -0.39 is 0 Å². The predicted octanol–water partition coefficient (Wildman–Crippen LogP) is 2.77. The molecule has 0 spiro atoms. The Morgan fingerprint density at radius 2 is 1.89 bits per heavy atom. The Labute approximate surface area is 107 Å². The molecule has 0 amide bonds. The molecule has 1 aliphatic heterocycles. The second kappa shape index (κ2) is 5.08. The van der Waals surface area contributed by atoms with Crippen LogP contribution in [-0.4, -0.2) is 24.1 Å². The lowest BCUT2D eigenvalue weighted by Gasteiger charge is -2.19. The standard InChI is InChI=1S/C15H17N3/c1-2-6-14(7-3-1)18-11-9-13(12-18)17-15-8-4-5-10-16-15/h1-8,10,13H,9,11-12H2,(H,16,17). The van der Waals surface area contributed by atoms with Gasteiger partial charge in [0.25, 0.3) is 0 Å². The Hall–Kier alpha value is -2.03. The smallest absolute Gasteiger partial charge is 0.126 e. The van der Waals surface area contributed by atoms with Gasteiger partial charge in [-0.3, -0.25) is 0 Å². The minimum Gasteiger partial charge on any atom is -0.369 e. The quantitative estimate of drug-likeness (QED) is 0.892. The monoisotopic (exact) mass is 239 g/mol. The highest BCUT2D eigenvalue weighted by Crippen LogP contribution is 2.21. The van der Waals surface area contributed by atoms with Crippen molar-refractivity contribution in [3.8, 4) is 0 Å². The van der Waals surface area contributed by atoms with Crippen LogP contribution in [0.2, 0.25) is 0 Å². The van der Waals surface area contributed by atoms with Crippen LogP contribution in [0.25, 0.3) is 0 Å². The first-order chi connectivity index (χ1) is 8.92. The number of hydrogen-bond donors (Lipinski definition) is 1. The number of anilines is 2. The minimum atomic E-state index is 0.486. The first kappa shape index (κ1) is 11.1. The van der Waals surface area contributed by atoms with Crippen LogP contribution in [-0.2, 0) is 0 Å². The number of aromatic nitrogens is 1. The van der Waals surface area contributed by atoms with E-state index in [0.29, 0.717) is 6.04 Å². The molecule has 2 heterocycles. The lowest BCUT2D eigenvalue weighted by molar-refractivity contribution is 0.801. The third-order valence-corrected chi connectivity index (χ3v) is 3.33. The van der Waals surface area contributed by atoms with E-state index in [2.05, 4.69) is 45.5 Å². The second-order valence-electron chi connectivity index (χ2n) is 4.63. The Morgan fingerprint density at radius 1 is 1.06 bits per heavy atom. The fourth-order valence-electron chi connectivity index (χ4n) is 2.41. The third-order valence-electron chi connectivity index (χ3n) is 3.33. The van der Waals surface area contributed by atoms with E-state index >= 15 is 0 Å². The summed E-state index contributed by atoms with van der Waals surface area (Å²) in [5, 5.41) is 3.49. The van der Waals surface area contributed by atoms with Crippen LogP contribution in [0, 0.1) is 0 Å². The number of rotatable bonds is 3. The second-order valence-corrected chi connectivity index (χ2v) is 4.63. The molecule has 3 heteroatoms. The van der Waals surface area contributed by atoms with Gasteiger partial charge in [-0.2, -0.15) is 0 Å². The summed E-state index contributed by atoms with van der Waals surface area (Å²) >= 11 is 0. The predicted molar refractivity (Wildman–Crippen MR) is 74.9 cm³/mol. The van der Waals surface area contributed by atoms with Crippen molar-refractivity contribution in [3.63, 3.8) is 0 Å². The Balaban J connectivity index is 1.62. The number of para-hydroxylation sites is 1. The topological polar surface area (TPSA) is 28.2 Å². The SMILES string of the molecule is c1ccc(N2CCC(Nc3ccccn3)C2)cc1. The molecule has 1 aliphatic rings. The molecule has 0 bridgehead atoms. The summed E-state index contributed by atoms with van der Waals surface area (Å²) in [4.78, 5) is 6.73. The maximum Gasteiger partial charge on any atom is 0.126 e. The van der Waals surface area contributed by atoms with E-state index in [1.54, 1.807) is 0 Å². The van der Waals surface area contributed by atoms with E-state index in [1.165, 1.54) is 5.69 Å². The largest absolute Gasteiger partial charge is 0.369 e. The van der Waals surface area contributed by atoms with Crippen LogP contribution < -0.4 is 10.2 Å². The van der Waals surface area contributed by atoms with Crippen molar-refractivity contribution in [1.82, 2.24) is 4.98 Å². The molecule has 92 valence electrons. The van der Waals surface area contributed by atoms with Crippen molar-refractivity contribution in [3.05, 3.63) is 54.7 Å². The molecule has 3 nitrogen and oxygen atoms in total. The first-order valence-corrected chi connectivity index (χ1v) is 6.39. The lowest BCUT2D eigenvalue weighted by atomic mass is 10.2. The van der Waals surface area contributed by atoms with Crippen LogP contribution >= 0.6 is 0 Å². The van der Waals surface area contributed by atoms with Crippen LogP contribution in [0.4, 0.5) is 11.5 Å². The molecule has 1 saturated heterocycles. The molecule has 18 heavy (non-hydrogen) atoms. The molecule has 2 aromatic rings. The molecule has 1 atom stereocenters. The average molecular weight is 239 g/mol. The number of hydrogen-bond acceptors (Lipinski definition) is 3. The molecule has 0 radical (unpaired) electrons. The normalized spacial score (nSPS) is 18.9. The van der Waals surface area contributed by atoms with Crippen molar-refractivity contribution in [2.45, 2.75) is 12.5 Å². The summed E-state index contributed by atoms with van der Waals surface area (Å²) in [5.41, 5.74) is 1.31. The van der Waals surface area contributed by atoms with Crippen LogP contribution in [0.5, 0.6) is 0 Å². The van der Waals surface area contributed by atoms with Gasteiger partial charge in [0, 0.05) is 31.0 Å². The summed E-state index contributed by atoms with van der Waals surface area (Å²) in [6.45, 7) is 2.15. The summed E-state index contributed by atoms with van der Waals surface area (Å²) in [5.74, 6) is 0.970. The number of benzene rings is 1. The van der Waals surface area contributed by atoms with Crippen molar-refractivity contribution >= 4 is 11.5 Å². The number of nitrogens with one attached hydrogen (secondary N) is 1. The highest BCUT2D eigenvalue weighted by molar-refractivity contribution is 5.48. The van der Waals surface area contributed by atoms with Crippen molar-refractivity contribution < 1.29 is 0 Å². The van der Waals surface area contributed by atoms with Gasteiger partial charge in [0.2, 0.25) is 0 Å². The van der Waals surface area contributed by atoms with Crippen LogP contribution in [0.15, 0.2) is 54.7 Å². The van der Waals surface area contributed by atoms with Gasteiger partial charge in [-0.1, -0.05) is 24.3 Å². The van der Waals surface area contributed by atoms with Gasteiger partial charge >= 0.3 is 0 Å². The van der Waals surface area contributed by atoms with Gasteiger partial charge in [-0.25, -0.2) is 4.98 Å². The Kier molecular flexibility index (Phi) is 3.13.